The molecule has 0 radical (unpaired) electrons. The molecule has 1 heterocycles. The summed E-state index contributed by atoms with van der Waals surface area (Å²) in [6, 6.07) is 9.66. The lowest BCUT2D eigenvalue weighted by Crippen LogP contribution is -2.36. The first-order chi connectivity index (χ1) is 14.9. The molecule has 11 heteroatoms. The maximum atomic E-state index is 14.7. The predicted molar refractivity (Wildman–Crippen MR) is 112 cm³/mol. The van der Waals surface area contributed by atoms with Crippen LogP contribution in [-0.2, 0) is 12.1 Å². The first-order valence-corrected chi connectivity index (χ1v) is 9.97. The van der Waals surface area contributed by atoms with Gasteiger partial charge in [0.05, 0.1) is 22.7 Å². The fraction of sp³-hybridized carbons (Fsp3) is 0.143. The average Bonchev–Trinajstić information content (AvgIpc) is 2.71. The molecular formula is C21H12Cl3F5N2O. The number of rotatable bonds is 5. The molecule has 0 atom stereocenters. The summed E-state index contributed by atoms with van der Waals surface area (Å²) in [6.07, 6.45) is -3.70. The zero-order valence-electron chi connectivity index (χ0n) is 15.8. The molecule has 3 nitrogen and oxygen atoms in total. The molecule has 1 amide bonds. The van der Waals surface area contributed by atoms with E-state index in [-0.39, 0.29) is 5.02 Å². The lowest BCUT2D eigenvalue weighted by molar-refractivity contribution is -0.137. The second kappa shape index (κ2) is 9.21. The van der Waals surface area contributed by atoms with Gasteiger partial charge in [0.25, 0.3) is 5.91 Å². The van der Waals surface area contributed by atoms with Gasteiger partial charge in [0.1, 0.15) is 5.69 Å². The highest BCUT2D eigenvalue weighted by Crippen LogP contribution is 2.36. The second-order valence-electron chi connectivity index (χ2n) is 6.61. The molecule has 0 aliphatic heterocycles. The van der Waals surface area contributed by atoms with E-state index in [1.165, 1.54) is 18.2 Å². The Hall–Kier alpha value is -2.42. The summed E-state index contributed by atoms with van der Waals surface area (Å²) in [5.41, 5.74) is -2.06. The van der Waals surface area contributed by atoms with Crippen LogP contribution in [0, 0.1) is 0 Å². The lowest BCUT2D eigenvalue weighted by atomic mass is 10.1. The summed E-state index contributed by atoms with van der Waals surface area (Å²) >= 11 is 17.9. The number of pyridine rings is 1. The monoisotopic (exact) mass is 508 g/mol. The van der Waals surface area contributed by atoms with Crippen LogP contribution in [0.25, 0.3) is 11.1 Å². The number of carbonyl (C=O) groups excluding carboxylic acids is 1. The highest BCUT2D eigenvalue weighted by molar-refractivity contribution is 6.36. The van der Waals surface area contributed by atoms with Crippen molar-refractivity contribution in [3.63, 3.8) is 0 Å². The van der Waals surface area contributed by atoms with Gasteiger partial charge in [-0.05, 0) is 30.3 Å². The molecule has 32 heavy (non-hydrogen) atoms. The van der Waals surface area contributed by atoms with Crippen LogP contribution in [0.2, 0.25) is 15.1 Å². The van der Waals surface area contributed by atoms with Crippen molar-refractivity contribution in [1.82, 2.24) is 10.3 Å². The van der Waals surface area contributed by atoms with Gasteiger partial charge in [0.2, 0.25) is 0 Å². The zero-order valence-corrected chi connectivity index (χ0v) is 18.1. The molecule has 168 valence electrons. The standard InChI is InChI=1S/C21H12Cl3F5N2O/c22-12-5-6-13(16(23)8-12)11-7-17(24)18(30-9-11)20(25,26)10-31-19(32)14-3-1-2-4-15(14)21(27,28)29/h1-9H,10H2,(H,31,32). The average molecular weight is 510 g/mol. The van der Waals surface area contributed by atoms with E-state index in [2.05, 4.69) is 4.98 Å². The Labute approximate surface area is 194 Å². The molecule has 0 aliphatic carbocycles. The highest BCUT2D eigenvalue weighted by Gasteiger charge is 2.38. The Balaban J connectivity index is 1.81. The fourth-order valence-corrected chi connectivity index (χ4v) is 3.70. The van der Waals surface area contributed by atoms with Crippen molar-refractivity contribution in [3.8, 4) is 11.1 Å². The number of amides is 1. The third kappa shape index (κ3) is 5.31. The van der Waals surface area contributed by atoms with Gasteiger partial charge in [-0.3, -0.25) is 9.78 Å². The Morgan fingerprint density at radius 3 is 2.25 bits per heavy atom. The van der Waals surface area contributed by atoms with E-state index in [0.717, 1.165) is 18.3 Å². The van der Waals surface area contributed by atoms with E-state index in [1.54, 1.807) is 12.1 Å². The van der Waals surface area contributed by atoms with Crippen molar-refractivity contribution in [3.05, 3.63) is 86.6 Å². The molecule has 0 bridgehead atoms. The molecule has 3 aromatic rings. The molecule has 0 saturated carbocycles. The SMILES string of the molecule is O=C(NCC(F)(F)c1ncc(-c2ccc(Cl)cc2Cl)cc1Cl)c1ccccc1C(F)(F)F. The van der Waals surface area contributed by atoms with Gasteiger partial charge in [-0.25, -0.2) is 0 Å². The number of carbonyl (C=O) groups is 1. The van der Waals surface area contributed by atoms with Gasteiger partial charge < -0.3 is 5.32 Å². The predicted octanol–water partition coefficient (Wildman–Crippen LogP) is 7.25. The van der Waals surface area contributed by atoms with Gasteiger partial charge in [0.15, 0.2) is 0 Å². The molecule has 0 spiro atoms. The normalized spacial score (nSPS) is 12.0. The summed E-state index contributed by atoms with van der Waals surface area (Å²) < 4.78 is 68.5. The topological polar surface area (TPSA) is 42.0 Å². The summed E-state index contributed by atoms with van der Waals surface area (Å²) in [5, 5.41) is 2.04. The summed E-state index contributed by atoms with van der Waals surface area (Å²) in [7, 11) is 0. The van der Waals surface area contributed by atoms with Gasteiger partial charge in [-0.2, -0.15) is 22.0 Å². The van der Waals surface area contributed by atoms with Crippen LogP contribution in [0.15, 0.2) is 54.7 Å². The Bertz CT molecular complexity index is 1170. The molecule has 0 aliphatic rings. The maximum absolute atomic E-state index is 14.7. The molecule has 1 N–H and O–H groups in total. The second-order valence-corrected chi connectivity index (χ2v) is 7.86. The van der Waals surface area contributed by atoms with Gasteiger partial charge in [-0.1, -0.05) is 53.0 Å². The van der Waals surface area contributed by atoms with E-state index in [0.29, 0.717) is 22.2 Å². The summed E-state index contributed by atoms with van der Waals surface area (Å²) in [4.78, 5) is 15.8. The van der Waals surface area contributed by atoms with Crippen LogP contribution in [0.3, 0.4) is 0 Å². The minimum Gasteiger partial charge on any atom is -0.346 e. The third-order valence-corrected chi connectivity index (χ3v) is 5.21. The van der Waals surface area contributed by atoms with Crippen LogP contribution in [0.5, 0.6) is 0 Å². The minimum atomic E-state index is -4.82. The largest absolute Gasteiger partial charge is 0.417 e. The Morgan fingerprint density at radius 1 is 0.938 bits per heavy atom. The van der Waals surface area contributed by atoms with Crippen molar-refractivity contribution in [2.45, 2.75) is 12.1 Å². The smallest absolute Gasteiger partial charge is 0.346 e. The van der Waals surface area contributed by atoms with Crippen molar-refractivity contribution in [1.29, 1.82) is 0 Å². The van der Waals surface area contributed by atoms with Crippen LogP contribution < -0.4 is 5.32 Å². The molecule has 0 saturated heterocycles. The van der Waals surface area contributed by atoms with Crippen molar-refractivity contribution in [2.75, 3.05) is 6.54 Å². The third-order valence-electron chi connectivity index (χ3n) is 4.38. The van der Waals surface area contributed by atoms with E-state index < -0.39 is 46.4 Å². The molecule has 0 fully saturated rings. The molecular weight excluding hydrogens is 498 g/mol. The number of halogens is 8. The van der Waals surface area contributed by atoms with Crippen LogP contribution in [-0.4, -0.2) is 17.4 Å². The van der Waals surface area contributed by atoms with E-state index in [4.69, 9.17) is 34.8 Å². The van der Waals surface area contributed by atoms with Crippen LogP contribution in [0.4, 0.5) is 22.0 Å². The number of hydrogen-bond acceptors (Lipinski definition) is 2. The first-order valence-electron chi connectivity index (χ1n) is 8.84. The number of benzene rings is 2. The van der Waals surface area contributed by atoms with Crippen LogP contribution in [0.1, 0.15) is 21.6 Å². The van der Waals surface area contributed by atoms with Crippen molar-refractivity contribution < 1.29 is 26.7 Å². The maximum Gasteiger partial charge on any atom is 0.417 e. The number of nitrogens with one attached hydrogen (secondary N) is 1. The van der Waals surface area contributed by atoms with Crippen LogP contribution >= 0.6 is 34.8 Å². The van der Waals surface area contributed by atoms with Crippen molar-refractivity contribution in [2.24, 2.45) is 0 Å². The summed E-state index contributed by atoms with van der Waals surface area (Å²) in [5.74, 6) is -5.07. The van der Waals surface area contributed by atoms with Crippen molar-refractivity contribution >= 4 is 40.7 Å². The van der Waals surface area contributed by atoms with Gasteiger partial charge >= 0.3 is 12.1 Å². The molecule has 0 unspecified atom stereocenters. The molecule has 2 aromatic carbocycles. The Morgan fingerprint density at radius 2 is 1.62 bits per heavy atom. The first kappa shape index (κ1) is 24.2. The Kier molecular flexibility index (Phi) is 6.97. The van der Waals surface area contributed by atoms with Gasteiger partial charge in [0, 0.05) is 27.4 Å². The number of alkyl halides is 5. The number of hydrogen-bond donors (Lipinski definition) is 1. The number of nitrogens with zero attached hydrogens (tertiary/aromatic N) is 1. The van der Waals surface area contributed by atoms with Gasteiger partial charge in [-0.15, -0.1) is 0 Å². The van der Waals surface area contributed by atoms with E-state index in [1.807, 2.05) is 5.32 Å². The van der Waals surface area contributed by atoms with E-state index in [9.17, 15) is 26.7 Å². The molecule has 3 rings (SSSR count). The highest BCUT2D eigenvalue weighted by atomic mass is 35.5. The summed E-state index contributed by atoms with van der Waals surface area (Å²) in [6.45, 7) is -1.31. The quantitative estimate of drug-likeness (QED) is 0.368. The van der Waals surface area contributed by atoms with E-state index >= 15 is 0 Å². The lowest BCUT2D eigenvalue weighted by Gasteiger charge is -2.19. The molecule has 1 aromatic heterocycles. The number of aromatic nitrogens is 1. The zero-order chi connectivity index (χ0) is 23.7. The fourth-order valence-electron chi connectivity index (χ4n) is 2.88. The minimum absolute atomic E-state index is 0.255.